The van der Waals surface area contributed by atoms with Gasteiger partial charge in [0, 0.05) is 28.0 Å². The summed E-state index contributed by atoms with van der Waals surface area (Å²) in [5.74, 6) is 22.8. The van der Waals surface area contributed by atoms with Crippen LogP contribution in [-0.4, -0.2) is 108 Å². The molecule has 1 aliphatic carbocycles. The van der Waals surface area contributed by atoms with E-state index in [9.17, 15) is 63.1 Å². The first-order valence-electron chi connectivity index (χ1n) is 18.8. The number of hydrogen-bond donors (Lipinski definition) is 9. The summed E-state index contributed by atoms with van der Waals surface area (Å²) in [6, 6.07) is 0. The lowest BCUT2D eigenvalue weighted by Crippen LogP contribution is -2.65. The molecule has 8 atom stereocenters. The molecule has 20 nitrogen and oxygen atoms in total. The third-order valence-electron chi connectivity index (χ3n) is 8.14. The second kappa shape index (κ2) is 31.3. The van der Waals surface area contributed by atoms with E-state index in [1.54, 1.807) is 0 Å². The van der Waals surface area contributed by atoms with Crippen LogP contribution in [0.3, 0.4) is 0 Å². The molecule has 0 aromatic carbocycles. The van der Waals surface area contributed by atoms with Crippen LogP contribution >= 0.6 is 23.5 Å². The van der Waals surface area contributed by atoms with E-state index in [1.807, 2.05) is 5.92 Å². The number of terminal acetylenes is 1. The normalized spacial score (nSPS) is 20.8. The highest BCUT2D eigenvalue weighted by molar-refractivity contribution is 7.47. The molecule has 0 aromatic rings. The maximum Gasteiger partial charge on any atom is 0.472 e. The van der Waals surface area contributed by atoms with Gasteiger partial charge in [0.15, 0.2) is 6.10 Å². The van der Waals surface area contributed by atoms with Crippen LogP contribution in [-0.2, 0) is 50.9 Å². The van der Waals surface area contributed by atoms with Gasteiger partial charge >= 0.3 is 35.4 Å². The number of hydrogen-bond acceptors (Lipinski definition) is 15. The molecule has 0 amide bonds. The molecule has 0 bridgehead atoms. The number of aliphatic hydroxyl groups is 3. The average molecular weight is 944 g/mol. The molecule has 4 unspecified atom stereocenters. The van der Waals surface area contributed by atoms with Crippen LogP contribution in [0.15, 0.2) is 0 Å². The Morgan fingerprint density at radius 2 is 1.03 bits per heavy atom. The second-order valence-corrected chi connectivity index (χ2v) is 16.8. The van der Waals surface area contributed by atoms with Gasteiger partial charge in [0.1, 0.15) is 43.2 Å². The van der Waals surface area contributed by atoms with Crippen LogP contribution in [0.2, 0.25) is 0 Å². The van der Waals surface area contributed by atoms with Crippen molar-refractivity contribution in [3.8, 4) is 71.5 Å². The van der Waals surface area contributed by atoms with Gasteiger partial charge < -0.3 is 55.4 Å². The molecule has 0 heterocycles. The number of aliphatic hydroxyl groups excluding tert-OH is 3. The topological polar surface area (TPSA) is 338 Å². The van der Waals surface area contributed by atoms with Gasteiger partial charge in [-0.1, -0.05) is 84.0 Å². The predicted octanol–water partition coefficient (Wildman–Crippen LogP) is 5.00. The number of unbranched alkanes of at least 4 members (excludes halogenated alkanes) is 12. The summed E-state index contributed by atoms with van der Waals surface area (Å²) < 4.78 is 64.4. The van der Waals surface area contributed by atoms with Gasteiger partial charge in [0.05, 0.1) is 6.61 Å². The Kier molecular flexibility index (Phi) is 29.5. The zero-order chi connectivity index (χ0) is 45.0. The molecule has 1 rings (SSSR count). The van der Waals surface area contributed by atoms with Gasteiger partial charge in [-0.15, -0.1) is 6.42 Å². The van der Waals surface area contributed by atoms with Crippen LogP contribution in [0.25, 0.3) is 0 Å². The molecule has 11 N–H and O–H groups in total. The Hall–Kier alpha value is -3.53. The first-order valence-corrected chi connectivity index (χ1v) is 23.4. The van der Waals surface area contributed by atoms with E-state index in [0.29, 0.717) is 12.8 Å². The van der Waals surface area contributed by atoms with E-state index in [1.165, 1.54) is 44.9 Å². The van der Waals surface area contributed by atoms with Crippen molar-refractivity contribution in [2.75, 3.05) is 13.2 Å². The van der Waals surface area contributed by atoms with Crippen molar-refractivity contribution in [1.29, 1.82) is 0 Å². The van der Waals surface area contributed by atoms with Gasteiger partial charge in [-0.05, 0) is 65.6 Å². The summed E-state index contributed by atoms with van der Waals surface area (Å²) in [6.45, 7) is 0.365. The molecule has 23 heteroatoms. The minimum atomic E-state index is -5.63. The number of esters is 2. The van der Waals surface area contributed by atoms with Gasteiger partial charge in [-0.2, -0.15) is 0 Å². The van der Waals surface area contributed by atoms with Crippen molar-refractivity contribution in [3.63, 3.8) is 0 Å². The lowest BCUT2D eigenvalue weighted by Gasteiger charge is -2.44. The molecule has 0 saturated heterocycles. The smallest absolute Gasteiger partial charge is 0.456 e. The number of rotatable bonds is 26. The Bertz CT molecular complexity index is 1930. The van der Waals surface area contributed by atoms with Crippen molar-refractivity contribution in [2.45, 2.75) is 140 Å². The minimum absolute atomic E-state index is 0. The number of phosphoric ester groups is 3. The van der Waals surface area contributed by atoms with Crippen LogP contribution in [0.4, 0.5) is 0 Å². The van der Waals surface area contributed by atoms with Crippen LogP contribution in [0, 0.1) is 71.5 Å². The number of ether oxygens (including phenoxy) is 2. The van der Waals surface area contributed by atoms with Crippen molar-refractivity contribution in [3.05, 3.63) is 0 Å². The molecule has 0 aromatic heterocycles. The molecule has 0 radical (unpaired) electrons. The van der Waals surface area contributed by atoms with Crippen molar-refractivity contribution >= 4 is 35.4 Å². The molecule has 362 valence electrons. The van der Waals surface area contributed by atoms with Crippen molar-refractivity contribution in [2.24, 2.45) is 0 Å². The van der Waals surface area contributed by atoms with Crippen molar-refractivity contribution < 1.29 is 106 Å². The predicted molar refractivity (Wildman–Crippen MR) is 240 cm³/mol. The van der Waals surface area contributed by atoms with E-state index in [0.717, 1.165) is 25.7 Å². The third-order valence-corrected chi connectivity index (χ3v) is 10.2. The van der Waals surface area contributed by atoms with Gasteiger partial charge in [0.25, 0.3) is 0 Å². The van der Waals surface area contributed by atoms with Crippen LogP contribution in [0.1, 0.15) is 113 Å². The van der Waals surface area contributed by atoms with Gasteiger partial charge in [-0.3, -0.25) is 22.9 Å². The lowest BCUT2D eigenvalue weighted by molar-refractivity contribution is -0.213. The summed E-state index contributed by atoms with van der Waals surface area (Å²) >= 11 is 0. The number of carbonyl (C=O) groups excluding carboxylic acids is 2. The molecular weight excluding hydrogens is 867 g/mol. The highest BCUT2D eigenvalue weighted by atomic mass is 31.2. The molecular formula is C38H76NO19P3. The summed E-state index contributed by atoms with van der Waals surface area (Å²) in [7, 11) is -16.7. The highest BCUT2D eigenvalue weighted by Gasteiger charge is 2.56. The molecule has 0 spiro atoms. The Morgan fingerprint density at radius 3 is 1.51 bits per heavy atom. The maximum atomic E-state index is 13.0. The van der Waals surface area contributed by atoms with E-state index in [-0.39, 0.29) is 28.3 Å². The van der Waals surface area contributed by atoms with Gasteiger partial charge in [0.2, 0.25) is 0 Å². The SMILES string of the molecule is C#CC#CC#CC#CC#CC#CC(=O)OC[C@H](COP(=O)(O)OC1C(O)[C@H](O)[C@H](OP(=O)(O)O)C(OP(=O)(O)O)[C@@H]1O)OC(=O)CCCCCCCCCCCCCCC.N.[HH].[HH].[HH].[HH].[HH].[HH].[HH].[HH].[HH].[HH].[HH]. The molecule has 61 heavy (non-hydrogen) atoms. The highest BCUT2D eigenvalue weighted by Crippen LogP contribution is 2.51. The van der Waals surface area contributed by atoms with Crippen molar-refractivity contribution in [1.82, 2.24) is 6.15 Å². The first-order chi connectivity index (χ1) is 28.3. The van der Waals surface area contributed by atoms with E-state index < -0.39 is 91.3 Å². The largest absolute Gasteiger partial charge is 0.472 e. The summed E-state index contributed by atoms with van der Waals surface area (Å²) in [4.78, 5) is 72.2. The standard InChI is InChI=1S/C38H51O19P3.H3N.11H2/c1-3-5-7-9-11-13-15-16-17-19-21-23-25-27-32(40)54-30(28-52-31(39)26-24-22-20-18-14-12-10-8-6-4-2)29-53-60(50,51)57-36-33(41)34(42)37(55-58(44,45)46)38(35(36)43)56-59(47,48)49;;;;;;;;;;;;/h2,30,33-38,41-43H,3,5,7,9,11,13,15-17,19,21,23,25,27-29H2,1H3,(H,50,51)(H2,44,45,46)(H2,47,48,49);1H3;11*1H/t30-,33?,34+,35-,36?,37+,38?;;;;;;;;;;;;/m1............/s1. The molecule has 1 aliphatic rings. The molecule has 1 fully saturated rings. The summed E-state index contributed by atoms with van der Waals surface area (Å²) in [5, 5.41) is 31.6. The first kappa shape index (κ1) is 57.5. The second-order valence-electron chi connectivity index (χ2n) is 13.0. The fourth-order valence-corrected chi connectivity index (χ4v) is 7.50. The Morgan fingerprint density at radius 1 is 0.607 bits per heavy atom. The van der Waals surface area contributed by atoms with Crippen LogP contribution in [0.5, 0.6) is 0 Å². The third kappa shape index (κ3) is 27.9. The maximum absolute atomic E-state index is 13.0. The summed E-state index contributed by atoms with van der Waals surface area (Å²) in [6.07, 6.45) is 1.93. The zero-order valence-electron chi connectivity index (χ0n) is 33.5. The lowest BCUT2D eigenvalue weighted by atomic mass is 9.85. The van der Waals surface area contributed by atoms with Gasteiger partial charge in [-0.25, -0.2) is 18.5 Å². The Balaban J connectivity index is -0.000000300. The summed E-state index contributed by atoms with van der Waals surface area (Å²) in [5.41, 5.74) is 0. The molecule has 1 saturated carbocycles. The quantitative estimate of drug-likeness (QED) is 0.0181. The Labute approximate surface area is 372 Å². The monoisotopic (exact) mass is 943 g/mol. The minimum Gasteiger partial charge on any atom is -0.456 e. The fraction of sp³-hybridized carbons (Fsp3) is 0.632. The van der Waals surface area contributed by atoms with Crippen LogP contribution < -0.4 is 6.15 Å². The van der Waals surface area contributed by atoms with E-state index in [4.69, 9.17) is 24.9 Å². The van der Waals surface area contributed by atoms with E-state index in [2.05, 4.69) is 75.2 Å². The number of carbonyl (C=O) groups is 2. The molecule has 0 aliphatic heterocycles. The zero-order valence-corrected chi connectivity index (χ0v) is 36.2. The average Bonchev–Trinajstić information content (AvgIpc) is 3.16. The van der Waals surface area contributed by atoms with E-state index >= 15 is 0 Å². The fourth-order valence-electron chi connectivity index (χ4n) is 5.40. The number of phosphoric acid groups is 3.